The van der Waals surface area contributed by atoms with Crippen LogP contribution in [-0.2, 0) is 6.42 Å². The van der Waals surface area contributed by atoms with Gasteiger partial charge in [-0.15, -0.1) is 0 Å². The molecule has 1 aromatic carbocycles. The maximum Gasteiger partial charge on any atom is 0.0452 e. The van der Waals surface area contributed by atoms with Crippen molar-refractivity contribution in [3.63, 3.8) is 0 Å². The molecule has 1 N–H and O–H groups in total. The number of halogens is 2. The molecule has 17 heavy (non-hydrogen) atoms. The van der Waals surface area contributed by atoms with Crippen molar-refractivity contribution >= 4 is 23.2 Å². The fourth-order valence-corrected chi connectivity index (χ4v) is 2.10. The zero-order valence-electron chi connectivity index (χ0n) is 11.0. The second-order valence-electron chi connectivity index (χ2n) is 5.68. The van der Waals surface area contributed by atoms with Crippen LogP contribution in [0.5, 0.6) is 0 Å². The topological polar surface area (TPSA) is 12.0 Å². The molecule has 1 aromatic rings. The van der Waals surface area contributed by atoms with Gasteiger partial charge in [0, 0.05) is 15.6 Å². The fraction of sp³-hybridized carbons (Fsp3) is 0.571. The van der Waals surface area contributed by atoms with E-state index in [0.717, 1.165) is 18.0 Å². The second kappa shape index (κ2) is 6.08. The van der Waals surface area contributed by atoms with Gasteiger partial charge in [0.1, 0.15) is 0 Å². The van der Waals surface area contributed by atoms with Crippen molar-refractivity contribution in [2.75, 3.05) is 6.54 Å². The Morgan fingerprint density at radius 1 is 1.24 bits per heavy atom. The number of rotatable bonds is 4. The Morgan fingerprint density at radius 3 is 2.41 bits per heavy atom. The highest BCUT2D eigenvalue weighted by atomic mass is 35.5. The van der Waals surface area contributed by atoms with Crippen molar-refractivity contribution in [3.8, 4) is 0 Å². The molecule has 0 saturated carbocycles. The second-order valence-corrected chi connectivity index (χ2v) is 6.52. The van der Waals surface area contributed by atoms with E-state index in [4.69, 9.17) is 23.2 Å². The molecule has 1 atom stereocenters. The molecule has 3 heteroatoms. The summed E-state index contributed by atoms with van der Waals surface area (Å²) < 4.78 is 0. The molecule has 0 heterocycles. The highest BCUT2D eigenvalue weighted by molar-refractivity contribution is 6.35. The van der Waals surface area contributed by atoms with Gasteiger partial charge in [0.25, 0.3) is 0 Å². The van der Waals surface area contributed by atoms with Gasteiger partial charge in [-0.05, 0) is 57.4 Å². The van der Waals surface area contributed by atoms with E-state index >= 15 is 0 Å². The smallest absolute Gasteiger partial charge is 0.0452 e. The van der Waals surface area contributed by atoms with Gasteiger partial charge in [-0.25, -0.2) is 0 Å². The van der Waals surface area contributed by atoms with Gasteiger partial charge >= 0.3 is 0 Å². The summed E-state index contributed by atoms with van der Waals surface area (Å²) in [6.45, 7) is 9.74. The van der Waals surface area contributed by atoms with Gasteiger partial charge in [-0.1, -0.05) is 36.2 Å². The van der Waals surface area contributed by atoms with Crippen LogP contribution in [0.15, 0.2) is 18.2 Å². The fourth-order valence-electron chi connectivity index (χ4n) is 1.62. The van der Waals surface area contributed by atoms with E-state index in [1.165, 1.54) is 5.56 Å². The lowest BCUT2D eigenvalue weighted by molar-refractivity contribution is 0.381. The van der Waals surface area contributed by atoms with E-state index in [9.17, 15) is 0 Å². The molecule has 0 aliphatic carbocycles. The largest absolute Gasteiger partial charge is 0.312 e. The van der Waals surface area contributed by atoms with Crippen LogP contribution < -0.4 is 5.32 Å². The molecule has 1 nitrogen and oxygen atoms in total. The van der Waals surface area contributed by atoms with Crippen LogP contribution in [0.1, 0.15) is 33.3 Å². The number of hydrogen-bond donors (Lipinski definition) is 1. The summed E-state index contributed by atoms with van der Waals surface area (Å²) >= 11 is 12.0. The van der Waals surface area contributed by atoms with Gasteiger partial charge in [0.05, 0.1) is 0 Å². The summed E-state index contributed by atoms with van der Waals surface area (Å²) in [5.74, 6) is 0.549. The first-order chi connectivity index (χ1) is 7.78. The zero-order valence-corrected chi connectivity index (χ0v) is 12.5. The quantitative estimate of drug-likeness (QED) is 0.848. The van der Waals surface area contributed by atoms with Crippen LogP contribution in [0.4, 0.5) is 0 Å². The van der Waals surface area contributed by atoms with E-state index in [0.29, 0.717) is 10.9 Å². The van der Waals surface area contributed by atoms with Crippen LogP contribution in [0, 0.1) is 5.92 Å². The summed E-state index contributed by atoms with van der Waals surface area (Å²) in [6.07, 6.45) is 0.971. The van der Waals surface area contributed by atoms with Gasteiger partial charge in [0.15, 0.2) is 0 Å². The normalized spacial score (nSPS) is 13.8. The van der Waals surface area contributed by atoms with E-state index in [1.807, 2.05) is 18.2 Å². The highest BCUT2D eigenvalue weighted by Crippen LogP contribution is 2.23. The molecule has 0 aliphatic heterocycles. The van der Waals surface area contributed by atoms with Crippen LogP contribution in [0.2, 0.25) is 10.0 Å². The monoisotopic (exact) mass is 273 g/mol. The van der Waals surface area contributed by atoms with Crippen molar-refractivity contribution in [1.29, 1.82) is 0 Å². The Morgan fingerprint density at radius 2 is 1.88 bits per heavy atom. The highest BCUT2D eigenvalue weighted by Gasteiger charge is 2.12. The van der Waals surface area contributed by atoms with Crippen molar-refractivity contribution in [3.05, 3.63) is 33.8 Å². The first-order valence-electron chi connectivity index (χ1n) is 5.97. The molecule has 0 amide bonds. The summed E-state index contributed by atoms with van der Waals surface area (Å²) in [5.41, 5.74) is 1.33. The van der Waals surface area contributed by atoms with E-state index in [-0.39, 0.29) is 5.54 Å². The summed E-state index contributed by atoms with van der Waals surface area (Å²) in [5, 5.41) is 4.96. The van der Waals surface area contributed by atoms with Crippen molar-refractivity contribution in [2.24, 2.45) is 5.92 Å². The lowest BCUT2D eigenvalue weighted by atomic mass is 9.99. The molecule has 0 aromatic heterocycles. The third kappa shape index (κ3) is 5.76. The van der Waals surface area contributed by atoms with Crippen molar-refractivity contribution in [1.82, 2.24) is 5.32 Å². The molecule has 1 unspecified atom stereocenters. The Labute approximate surface area is 115 Å². The molecule has 0 bridgehead atoms. The van der Waals surface area contributed by atoms with E-state index in [2.05, 4.69) is 33.0 Å². The third-order valence-electron chi connectivity index (χ3n) is 2.56. The Balaban J connectivity index is 2.53. The minimum atomic E-state index is 0.165. The van der Waals surface area contributed by atoms with Crippen molar-refractivity contribution < 1.29 is 0 Å². The minimum absolute atomic E-state index is 0.165. The number of nitrogens with one attached hydrogen (secondary N) is 1. The van der Waals surface area contributed by atoms with Crippen molar-refractivity contribution in [2.45, 2.75) is 39.7 Å². The maximum atomic E-state index is 6.16. The summed E-state index contributed by atoms with van der Waals surface area (Å²) in [7, 11) is 0. The molecule has 0 spiro atoms. The standard InChI is InChI=1S/C14H21Cl2N/c1-10(9-17-14(2,3)4)7-11-5-6-12(15)8-13(11)16/h5-6,8,10,17H,7,9H2,1-4H3. The van der Waals surface area contributed by atoms with Crippen LogP contribution in [0.25, 0.3) is 0 Å². The molecule has 0 fully saturated rings. The minimum Gasteiger partial charge on any atom is -0.312 e. The molecular weight excluding hydrogens is 253 g/mol. The molecular formula is C14H21Cl2N. The average Bonchev–Trinajstić information content (AvgIpc) is 2.18. The Bertz CT molecular complexity index is 369. The third-order valence-corrected chi connectivity index (χ3v) is 3.15. The molecule has 96 valence electrons. The Hall–Kier alpha value is -0.240. The van der Waals surface area contributed by atoms with Crippen LogP contribution >= 0.6 is 23.2 Å². The lowest BCUT2D eigenvalue weighted by Crippen LogP contribution is -2.39. The van der Waals surface area contributed by atoms with E-state index in [1.54, 1.807) is 0 Å². The van der Waals surface area contributed by atoms with Gasteiger partial charge < -0.3 is 5.32 Å². The van der Waals surface area contributed by atoms with Gasteiger partial charge in [-0.2, -0.15) is 0 Å². The van der Waals surface area contributed by atoms with Crippen LogP contribution in [-0.4, -0.2) is 12.1 Å². The van der Waals surface area contributed by atoms with E-state index < -0.39 is 0 Å². The summed E-state index contributed by atoms with van der Waals surface area (Å²) in [6, 6.07) is 5.72. The average molecular weight is 274 g/mol. The lowest BCUT2D eigenvalue weighted by Gasteiger charge is -2.23. The molecule has 0 radical (unpaired) electrons. The predicted octanol–water partition coefficient (Wildman–Crippen LogP) is 4.56. The van der Waals surface area contributed by atoms with Crippen LogP contribution in [0.3, 0.4) is 0 Å². The van der Waals surface area contributed by atoms with Gasteiger partial charge in [0.2, 0.25) is 0 Å². The first-order valence-corrected chi connectivity index (χ1v) is 6.72. The molecule has 0 aliphatic rings. The molecule has 1 rings (SSSR count). The number of hydrogen-bond acceptors (Lipinski definition) is 1. The van der Waals surface area contributed by atoms with Gasteiger partial charge in [-0.3, -0.25) is 0 Å². The molecule has 0 saturated heterocycles. The Kier molecular flexibility index (Phi) is 5.30. The zero-order chi connectivity index (χ0) is 13.1. The predicted molar refractivity (Wildman–Crippen MR) is 77.1 cm³/mol. The summed E-state index contributed by atoms with van der Waals surface area (Å²) in [4.78, 5) is 0. The number of benzene rings is 1. The first kappa shape index (κ1) is 14.8. The maximum absolute atomic E-state index is 6.16. The SMILES string of the molecule is CC(CNC(C)(C)C)Cc1ccc(Cl)cc1Cl.